The molecule has 1 atom stereocenters. The lowest BCUT2D eigenvalue weighted by Crippen LogP contribution is -2.50. The number of β-amino-alcohol motifs (C(OH)–C–C–N with tert-alkyl or cyclic N) is 1. The van der Waals surface area contributed by atoms with Gasteiger partial charge >= 0.3 is 0 Å². The molecule has 262 valence electrons. The zero-order valence-corrected chi connectivity index (χ0v) is 30.5. The van der Waals surface area contributed by atoms with Gasteiger partial charge in [-0.2, -0.15) is 0 Å². The van der Waals surface area contributed by atoms with Crippen LogP contribution in [0.15, 0.2) is 64.8 Å². The van der Waals surface area contributed by atoms with Gasteiger partial charge in [-0.3, -0.25) is 19.4 Å². The van der Waals surface area contributed by atoms with Gasteiger partial charge in [0.25, 0.3) is 5.91 Å². The van der Waals surface area contributed by atoms with Gasteiger partial charge in [0.05, 0.1) is 17.2 Å². The third-order valence-electron chi connectivity index (χ3n) is 11.1. The molecule has 2 aliphatic rings. The Hall–Kier alpha value is -3.50. The maximum Gasteiger partial charge on any atom is 0.254 e. The van der Waals surface area contributed by atoms with E-state index in [4.69, 9.17) is 0 Å². The van der Waals surface area contributed by atoms with Crippen molar-refractivity contribution in [1.29, 1.82) is 0 Å². The average Bonchev–Trinajstić information content (AvgIpc) is 3.57. The average molecular weight is 685 g/mol. The van der Waals surface area contributed by atoms with E-state index < -0.39 is 6.10 Å². The zero-order valence-electron chi connectivity index (χ0n) is 29.7. The number of rotatable bonds is 10. The van der Waals surface area contributed by atoms with E-state index in [9.17, 15) is 19.8 Å². The molecule has 2 fully saturated rings. The fourth-order valence-corrected chi connectivity index (χ4v) is 8.71. The summed E-state index contributed by atoms with van der Waals surface area (Å²) in [6.07, 6.45) is 4.58. The standard InChI is InChI=1S/C40H52N4O4S/c1-27(2)35-21-30(25-49-35)38(48)44-17-7-14-40(26-44)15-18-43(19-16-40)23-29-9-6-8-28(20-29)22-39(3,4)42(5)24-34(46)31-10-12-33(45)37-32(31)11-13-36(47)41-37/h6,8-13,20-21,25,27,34,45-46H,7,14-19,22-24,26H2,1-5H3,(H,41,47)/t34-/m0/s1. The SMILES string of the molecule is CC(C)c1cc(C(=O)N2CCCC3(CCN(Cc4cccc(CC(C)(C)N(C)C[C@H](O)c5ccc(O)c6[nH]c(=O)ccc56)c4)CC3)C2)cs1. The number of aliphatic hydroxyl groups excluding tert-OH is 1. The molecule has 8 nitrogen and oxygen atoms in total. The molecule has 9 heteroatoms. The van der Waals surface area contributed by atoms with Crippen LogP contribution in [0.1, 0.15) is 97.3 Å². The molecule has 2 saturated heterocycles. The summed E-state index contributed by atoms with van der Waals surface area (Å²) < 4.78 is 0. The second-order valence-corrected chi connectivity index (χ2v) is 16.4. The minimum absolute atomic E-state index is 0.0108. The summed E-state index contributed by atoms with van der Waals surface area (Å²) in [5.74, 6) is 0.643. The van der Waals surface area contributed by atoms with Gasteiger partial charge in [-0.25, -0.2) is 0 Å². The number of phenolic OH excluding ortho intramolecular Hbond substituents is 1. The first kappa shape index (κ1) is 35.3. The number of hydrogen-bond acceptors (Lipinski definition) is 7. The van der Waals surface area contributed by atoms with Gasteiger partial charge in [-0.1, -0.05) is 44.2 Å². The van der Waals surface area contributed by atoms with Crippen molar-refractivity contribution in [2.24, 2.45) is 5.41 Å². The number of carbonyl (C=O) groups is 1. The van der Waals surface area contributed by atoms with Gasteiger partial charge in [0.15, 0.2) is 0 Å². The summed E-state index contributed by atoms with van der Waals surface area (Å²) in [7, 11) is 2.03. The fraction of sp³-hybridized carbons (Fsp3) is 0.500. The topological polar surface area (TPSA) is 100 Å². The lowest BCUT2D eigenvalue weighted by atomic mass is 9.72. The minimum Gasteiger partial charge on any atom is -0.506 e. The number of aromatic hydroxyl groups is 1. The van der Waals surface area contributed by atoms with E-state index in [0.29, 0.717) is 28.9 Å². The number of aliphatic hydroxyl groups is 1. The predicted octanol–water partition coefficient (Wildman–Crippen LogP) is 6.92. The van der Waals surface area contributed by atoms with Crippen LogP contribution >= 0.6 is 11.3 Å². The monoisotopic (exact) mass is 684 g/mol. The van der Waals surface area contributed by atoms with Crippen LogP contribution in [-0.2, 0) is 13.0 Å². The quantitative estimate of drug-likeness (QED) is 0.168. The molecule has 0 unspecified atom stereocenters. The number of thiophene rings is 1. The maximum absolute atomic E-state index is 13.4. The number of carbonyl (C=O) groups excluding carboxylic acids is 1. The van der Waals surface area contributed by atoms with Crippen LogP contribution in [0.2, 0.25) is 0 Å². The number of benzene rings is 2. The first-order valence-corrected chi connectivity index (χ1v) is 18.6. The molecule has 1 spiro atoms. The number of pyridine rings is 1. The summed E-state index contributed by atoms with van der Waals surface area (Å²) in [4.78, 5) is 36.1. The second-order valence-electron chi connectivity index (χ2n) is 15.5. The Bertz CT molecular complexity index is 1840. The Kier molecular flexibility index (Phi) is 10.4. The number of nitrogens with zero attached hydrogens (tertiary/aromatic N) is 3. The summed E-state index contributed by atoms with van der Waals surface area (Å²) in [6.45, 7) is 13.9. The smallest absolute Gasteiger partial charge is 0.254 e. The van der Waals surface area contributed by atoms with Gasteiger partial charge in [0.2, 0.25) is 5.56 Å². The molecule has 4 heterocycles. The highest BCUT2D eigenvalue weighted by molar-refractivity contribution is 7.10. The second kappa shape index (κ2) is 14.4. The number of hydrogen-bond donors (Lipinski definition) is 3. The van der Waals surface area contributed by atoms with Crippen LogP contribution in [0.4, 0.5) is 0 Å². The van der Waals surface area contributed by atoms with Gasteiger partial charge in [0.1, 0.15) is 5.75 Å². The van der Waals surface area contributed by atoms with Gasteiger partial charge < -0.3 is 20.1 Å². The Morgan fingerprint density at radius 2 is 1.80 bits per heavy atom. The van der Waals surface area contributed by atoms with Crippen molar-refractivity contribution >= 4 is 28.1 Å². The van der Waals surface area contributed by atoms with Crippen molar-refractivity contribution in [2.45, 2.75) is 83.9 Å². The van der Waals surface area contributed by atoms with E-state index in [1.807, 2.05) is 12.4 Å². The first-order valence-electron chi connectivity index (χ1n) is 17.7. The van der Waals surface area contributed by atoms with Crippen molar-refractivity contribution < 1.29 is 15.0 Å². The molecule has 0 saturated carbocycles. The molecule has 3 N–H and O–H groups in total. The van der Waals surface area contributed by atoms with Crippen LogP contribution in [0, 0.1) is 5.41 Å². The number of phenols is 1. The molecular weight excluding hydrogens is 633 g/mol. The van der Waals surface area contributed by atoms with Crippen LogP contribution in [0.5, 0.6) is 5.75 Å². The molecule has 4 aromatic rings. The molecule has 49 heavy (non-hydrogen) atoms. The maximum atomic E-state index is 13.4. The molecule has 0 aliphatic carbocycles. The molecule has 0 bridgehead atoms. The van der Waals surface area contributed by atoms with Crippen molar-refractivity contribution in [1.82, 2.24) is 19.7 Å². The van der Waals surface area contributed by atoms with Crippen LogP contribution in [-0.4, -0.2) is 81.1 Å². The van der Waals surface area contributed by atoms with E-state index in [2.05, 4.69) is 77.7 Å². The zero-order chi connectivity index (χ0) is 34.9. The van der Waals surface area contributed by atoms with Gasteiger partial charge in [-0.15, -0.1) is 11.3 Å². The van der Waals surface area contributed by atoms with Crippen LogP contribution in [0.3, 0.4) is 0 Å². The molecule has 1 amide bonds. The lowest BCUT2D eigenvalue weighted by Gasteiger charge is -2.47. The normalized spacial score (nSPS) is 17.8. The highest BCUT2D eigenvalue weighted by atomic mass is 32.1. The third kappa shape index (κ3) is 7.96. The number of nitrogens with one attached hydrogen (secondary N) is 1. The fourth-order valence-electron chi connectivity index (χ4n) is 7.81. The van der Waals surface area contributed by atoms with Gasteiger partial charge in [0, 0.05) is 53.4 Å². The van der Waals surface area contributed by atoms with E-state index in [1.165, 1.54) is 34.6 Å². The number of amides is 1. The number of piperidine rings is 2. The lowest BCUT2D eigenvalue weighted by molar-refractivity contribution is 0.0198. The number of fused-ring (bicyclic) bond motifs is 1. The number of H-pyrrole nitrogens is 1. The molecule has 2 aromatic carbocycles. The van der Waals surface area contributed by atoms with Crippen molar-refractivity contribution in [2.75, 3.05) is 39.8 Å². The number of aromatic nitrogens is 1. The minimum atomic E-state index is -0.797. The summed E-state index contributed by atoms with van der Waals surface area (Å²) in [5.41, 5.74) is 4.16. The molecular formula is C40H52N4O4S. The Labute approximate surface area is 294 Å². The number of likely N-dealkylation sites (N-methyl/N-ethyl adjacent to an activating group) is 1. The largest absolute Gasteiger partial charge is 0.506 e. The Morgan fingerprint density at radius 3 is 2.53 bits per heavy atom. The van der Waals surface area contributed by atoms with E-state index in [1.54, 1.807) is 23.5 Å². The van der Waals surface area contributed by atoms with Crippen LogP contribution in [0.25, 0.3) is 10.9 Å². The highest BCUT2D eigenvalue weighted by Gasteiger charge is 2.40. The summed E-state index contributed by atoms with van der Waals surface area (Å²) in [6, 6.07) is 17.3. The summed E-state index contributed by atoms with van der Waals surface area (Å²) >= 11 is 1.70. The predicted molar refractivity (Wildman–Crippen MR) is 199 cm³/mol. The van der Waals surface area contributed by atoms with E-state index in [0.717, 1.165) is 64.0 Å². The van der Waals surface area contributed by atoms with Crippen molar-refractivity contribution in [3.8, 4) is 5.75 Å². The Balaban J connectivity index is 1.03. The molecule has 2 aromatic heterocycles. The van der Waals surface area contributed by atoms with Gasteiger partial charge in [-0.05, 0) is 112 Å². The van der Waals surface area contributed by atoms with Crippen molar-refractivity contribution in [3.63, 3.8) is 0 Å². The van der Waals surface area contributed by atoms with Crippen molar-refractivity contribution in [3.05, 3.63) is 97.5 Å². The first-order chi connectivity index (χ1) is 23.3. The number of likely N-dealkylation sites (tertiary alicyclic amines) is 2. The third-order valence-corrected chi connectivity index (χ3v) is 12.3. The summed E-state index contributed by atoms with van der Waals surface area (Å²) in [5, 5.41) is 24.2. The van der Waals surface area contributed by atoms with Crippen LogP contribution < -0.4 is 5.56 Å². The Morgan fingerprint density at radius 1 is 1.04 bits per heavy atom. The van der Waals surface area contributed by atoms with E-state index in [-0.39, 0.29) is 28.2 Å². The highest BCUT2D eigenvalue weighted by Crippen LogP contribution is 2.41. The molecule has 2 aliphatic heterocycles. The van der Waals surface area contributed by atoms with E-state index >= 15 is 0 Å². The number of aromatic amines is 1. The molecule has 0 radical (unpaired) electrons. The molecule has 6 rings (SSSR count).